The summed E-state index contributed by atoms with van der Waals surface area (Å²) in [5.41, 5.74) is 2.50. The number of nitro benzene ring substituents is 1. The largest absolute Gasteiger partial charge is 0.408 e. The number of nitro groups is 1. The Morgan fingerprint density at radius 1 is 1.10 bits per heavy atom. The van der Waals surface area contributed by atoms with Crippen LogP contribution in [0.3, 0.4) is 0 Å². The molecule has 1 unspecified atom stereocenters. The minimum Gasteiger partial charge on any atom is -0.408 e. The summed E-state index contributed by atoms with van der Waals surface area (Å²) in [5, 5.41) is 14.8. The minimum atomic E-state index is -1.94. The molecule has 1 N–H and O–H groups in total. The van der Waals surface area contributed by atoms with Gasteiger partial charge in [0.25, 0.3) is 5.69 Å². The Morgan fingerprint density at radius 2 is 1.73 bits per heavy atom. The van der Waals surface area contributed by atoms with Crippen molar-refractivity contribution >= 4 is 14.0 Å². The summed E-state index contributed by atoms with van der Waals surface area (Å²) in [6, 6.07) is 18.1. The third kappa shape index (κ3) is 5.36. The van der Waals surface area contributed by atoms with Gasteiger partial charge in [-0.15, -0.1) is 0 Å². The summed E-state index contributed by atoms with van der Waals surface area (Å²) in [6.07, 6.45) is 3.04. The van der Waals surface area contributed by atoms with Crippen molar-refractivity contribution in [3.8, 4) is 0 Å². The van der Waals surface area contributed by atoms with E-state index in [4.69, 9.17) is 4.43 Å². The first-order valence-corrected chi connectivity index (χ1v) is 13.7. The molecule has 0 spiro atoms. The van der Waals surface area contributed by atoms with E-state index in [1.807, 2.05) is 18.2 Å². The Hall–Kier alpha value is -2.02. The second-order valence-corrected chi connectivity index (χ2v) is 14.6. The Kier molecular flexibility index (Phi) is 6.80. The monoisotopic (exact) mass is 426 g/mol. The molecule has 0 bridgehead atoms. The normalized spacial score (nSPS) is 20.8. The van der Waals surface area contributed by atoms with Crippen LogP contribution in [0.4, 0.5) is 5.69 Å². The molecule has 1 saturated heterocycles. The van der Waals surface area contributed by atoms with Gasteiger partial charge in [0.1, 0.15) is 0 Å². The lowest BCUT2D eigenvalue weighted by atomic mass is 10.0. The van der Waals surface area contributed by atoms with Gasteiger partial charge in [0, 0.05) is 24.2 Å². The van der Waals surface area contributed by atoms with Gasteiger partial charge in [-0.1, -0.05) is 63.2 Å². The number of nitrogens with zero attached hydrogens (tertiary/aromatic N) is 1. The average Bonchev–Trinajstić information content (AvgIpc) is 3.14. The minimum absolute atomic E-state index is 0.0361. The third-order valence-corrected chi connectivity index (χ3v) is 11.1. The van der Waals surface area contributed by atoms with Gasteiger partial charge in [-0.3, -0.25) is 10.1 Å². The molecular weight excluding hydrogens is 392 g/mol. The van der Waals surface area contributed by atoms with Crippen molar-refractivity contribution in [2.24, 2.45) is 0 Å². The zero-order valence-electron chi connectivity index (χ0n) is 18.7. The fraction of sp³-hybridized carbons (Fsp3) is 0.500. The molecule has 0 aliphatic carbocycles. The molecule has 0 amide bonds. The molecule has 1 heterocycles. The van der Waals surface area contributed by atoms with Crippen LogP contribution in [-0.2, 0) is 10.8 Å². The Morgan fingerprint density at radius 3 is 2.30 bits per heavy atom. The molecule has 1 aliphatic heterocycles. The van der Waals surface area contributed by atoms with E-state index in [0.717, 1.165) is 24.8 Å². The van der Waals surface area contributed by atoms with Gasteiger partial charge in [-0.2, -0.15) is 0 Å². The van der Waals surface area contributed by atoms with Crippen molar-refractivity contribution in [2.75, 3.05) is 0 Å². The average molecular weight is 427 g/mol. The van der Waals surface area contributed by atoms with Crippen LogP contribution < -0.4 is 5.32 Å². The second kappa shape index (κ2) is 9.00. The van der Waals surface area contributed by atoms with Crippen LogP contribution in [0.5, 0.6) is 0 Å². The molecule has 0 saturated carbocycles. The summed E-state index contributed by atoms with van der Waals surface area (Å²) in [6.45, 7) is 11.5. The highest BCUT2D eigenvalue weighted by molar-refractivity contribution is 6.74. The van der Waals surface area contributed by atoms with E-state index in [2.05, 4.69) is 63.4 Å². The van der Waals surface area contributed by atoms with Gasteiger partial charge in [0.2, 0.25) is 0 Å². The number of hydrogen-bond acceptors (Lipinski definition) is 4. The second-order valence-electron chi connectivity index (χ2n) is 9.88. The van der Waals surface area contributed by atoms with Gasteiger partial charge < -0.3 is 9.74 Å². The Labute approximate surface area is 181 Å². The Bertz CT molecular complexity index is 847. The van der Waals surface area contributed by atoms with Gasteiger partial charge in [-0.25, -0.2) is 0 Å². The Balaban J connectivity index is 1.73. The first-order valence-electron chi connectivity index (χ1n) is 10.8. The van der Waals surface area contributed by atoms with E-state index >= 15 is 0 Å². The van der Waals surface area contributed by atoms with Crippen LogP contribution in [0, 0.1) is 10.1 Å². The summed E-state index contributed by atoms with van der Waals surface area (Å²) >= 11 is 0. The zero-order valence-corrected chi connectivity index (χ0v) is 19.7. The van der Waals surface area contributed by atoms with Crippen molar-refractivity contribution < 1.29 is 9.35 Å². The molecule has 30 heavy (non-hydrogen) atoms. The lowest BCUT2D eigenvalue weighted by Crippen LogP contribution is -2.46. The van der Waals surface area contributed by atoms with Crippen LogP contribution >= 0.6 is 0 Å². The van der Waals surface area contributed by atoms with E-state index in [-0.39, 0.29) is 27.8 Å². The molecule has 3 atom stereocenters. The van der Waals surface area contributed by atoms with E-state index < -0.39 is 8.32 Å². The van der Waals surface area contributed by atoms with Crippen molar-refractivity contribution in [2.45, 2.75) is 76.4 Å². The summed E-state index contributed by atoms with van der Waals surface area (Å²) < 4.78 is 6.91. The van der Waals surface area contributed by atoms with Crippen LogP contribution in [-0.4, -0.2) is 25.3 Å². The van der Waals surface area contributed by atoms with Gasteiger partial charge in [0.15, 0.2) is 8.32 Å². The lowest BCUT2D eigenvalue weighted by molar-refractivity contribution is -0.384. The van der Waals surface area contributed by atoms with Crippen molar-refractivity contribution in [1.82, 2.24) is 5.32 Å². The zero-order chi connectivity index (χ0) is 21.9. The van der Waals surface area contributed by atoms with Crippen molar-refractivity contribution in [3.05, 3.63) is 75.8 Å². The van der Waals surface area contributed by atoms with Crippen LogP contribution in [0.25, 0.3) is 0 Å². The molecule has 162 valence electrons. The molecule has 3 rings (SSSR count). The maximum Gasteiger partial charge on any atom is 0.269 e. The molecule has 2 aromatic rings. The molecule has 2 aromatic carbocycles. The molecule has 0 radical (unpaired) electrons. The number of rotatable bonds is 7. The topological polar surface area (TPSA) is 64.4 Å². The van der Waals surface area contributed by atoms with E-state index in [9.17, 15) is 10.1 Å². The van der Waals surface area contributed by atoms with E-state index in [1.165, 1.54) is 5.56 Å². The predicted molar refractivity (Wildman–Crippen MR) is 124 cm³/mol. The SMILES string of the molecule is CC(C)(C)[Si](C)(C)OC(c1ccccc1)[C@H]1CC[C@@H](Cc2ccc([N+](=O)[O-])cc2)N1. The predicted octanol–water partition coefficient (Wildman–Crippen LogP) is 6.02. The molecule has 6 heteroatoms. The molecule has 1 fully saturated rings. The highest BCUT2D eigenvalue weighted by Crippen LogP contribution is 2.42. The van der Waals surface area contributed by atoms with Gasteiger partial charge in [0.05, 0.1) is 11.0 Å². The molecule has 0 aromatic heterocycles. The maximum atomic E-state index is 10.9. The summed E-state index contributed by atoms with van der Waals surface area (Å²) in [5.74, 6) is 0. The number of hydrogen-bond donors (Lipinski definition) is 1. The highest BCUT2D eigenvalue weighted by Gasteiger charge is 2.42. The van der Waals surface area contributed by atoms with E-state index in [1.54, 1.807) is 12.1 Å². The molecular formula is C24H34N2O3Si. The fourth-order valence-electron chi connectivity index (χ4n) is 3.81. The number of benzene rings is 2. The summed E-state index contributed by atoms with van der Waals surface area (Å²) in [7, 11) is -1.94. The van der Waals surface area contributed by atoms with Crippen LogP contribution in [0.2, 0.25) is 18.1 Å². The first-order chi connectivity index (χ1) is 14.1. The highest BCUT2D eigenvalue weighted by atomic mass is 28.4. The van der Waals surface area contributed by atoms with Crippen LogP contribution in [0.15, 0.2) is 54.6 Å². The van der Waals surface area contributed by atoms with E-state index in [0.29, 0.717) is 6.04 Å². The fourth-order valence-corrected chi connectivity index (χ4v) is 5.10. The first kappa shape index (κ1) is 22.7. The van der Waals surface area contributed by atoms with Crippen LogP contribution in [0.1, 0.15) is 50.8 Å². The molecule has 1 aliphatic rings. The maximum absolute atomic E-state index is 10.9. The third-order valence-electron chi connectivity index (χ3n) is 6.63. The quantitative estimate of drug-likeness (QED) is 0.334. The molecule has 5 nitrogen and oxygen atoms in total. The number of non-ortho nitro benzene ring substituents is 1. The smallest absolute Gasteiger partial charge is 0.269 e. The number of nitrogens with one attached hydrogen (secondary N) is 1. The standard InChI is InChI=1S/C24H34N2O3Si/c1-24(2,3)30(4,5)29-23(19-9-7-6-8-10-19)22-16-13-20(25-22)17-18-11-14-21(15-12-18)26(27)28/h6-12,14-15,20,22-23,25H,13,16-17H2,1-5H3/t20-,22+,23?/m0/s1. The summed E-state index contributed by atoms with van der Waals surface area (Å²) in [4.78, 5) is 10.5. The van der Waals surface area contributed by atoms with Gasteiger partial charge >= 0.3 is 0 Å². The van der Waals surface area contributed by atoms with Crippen molar-refractivity contribution in [3.63, 3.8) is 0 Å². The van der Waals surface area contributed by atoms with Crippen molar-refractivity contribution in [1.29, 1.82) is 0 Å². The van der Waals surface area contributed by atoms with Gasteiger partial charge in [-0.05, 0) is 48.5 Å². The lowest BCUT2D eigenvalue weighted by Gasteiger charge is -2.41.